The lowest BCUT2D eigenvalue weighted by Gasteiger charge is -2.34. The number of allylic oxidation sites excluding steroid dienone is 1. The molecule has 2 aromatic carbocycles. The minimum atomic E-state index is -0.0855. The second kappa shape index (κ2) is 11.1. The fourth-order valence-electron chi connectivity index (χ4n) is 5.14. The van der Waals surface area contributed by atoms with E-state index in [0.29, 0.717) is 12.0 Å². The van der Waals surface area contributed by atoms with Gasteiger partial charge in [0, 0.05) is 61.2 Å². The topological polar surface area (TPSA) is 70.7 Å². The molecule has 0 spiro atoms. The van der Waals surface area contributed by atoms with Crippen molar-refractivity contribution in [2.75, 3.05) is 43.4 Å². The van der Waals surface area contributed by atoms with Gasteiger partial charge in [0.15, 0.2) is 0 Å². The molecule has 0 atom stereocenters. The smallest absolute Gasteiger partial charge is 0.252 e. The molecule has 8 nitrogen and oxygen atoms in total. The number of fused-ring (bicyclic) bond motifs is 1. The normalized spacial score (nSPS) is 15.8. The Balaban J connectivity index is 1.32. The van der Waals surface area contributed by atoms with Crippen molar-refractivity contribution in [2.45, 2.75) is 19.4 Å². The van der Waals surface area contributed by atoms with Crippen LogP contribution in [0.5, 0.6) is 0 Å². The summed E-state index contributed by atoms with van der Waals surface area (Å²) in [4.78, 5) is 23.0. The number of nitrogens with one attached hydrogen (secondary N) is 1. The summed E-state index contributed by atoms with van der Waals surface area (Å²) >= 11 is 0. The highest BCUT2D eigenvalue weighted by Gasteiger charge is 2.14. The number of piperazine rings is 1. The summed E-state index contributed by atoms with van der Waals surface area (Å²) in [6, 6.07) is 22.0. The summed E-state index contributed by atoms with van der Waals surface area (Å²) < 4.78 is 3.58. The van der Waals surface area contributed by atoms with Crippen molar-refractivity contribution in [3.8, 4) is 5.69 Å². The number of hydrogen-bond acceptors (Lipinski definition) is 6. The molecule has 2 aromatic heterocycles. The van der Waals surface area contributed by atoms with Crippen LogP contribution >= 0.6 is 0 Å². The van der Waals surface area contributed by atoms with Crippen molar-refractivity contribution < 1.29 is 0 Å². The van der Waals surface area contributed by atoms with Crippen molar-refractivity contribution in [2.24, 2.45) is 4.99 Å². The van der Waals surface area contributed by atoms with Crippen LogP contribution in [0.15, 0.2) is 101 Å². The van der Waals surface area contributed by atoms with Gasteiger partial charge in [-0.1, -0.05) is 24.3 Å². The molecule has 2 aliphatic heterocycles. The molecule has 198 valence electrons. The number of likely N-dealkylation sites (N-methyl/N-ethyl adjacent to an activating group) is 1. The van der Waals surface area contributed by atoms with E-state index >= 15 is 0 Å². The van der Waals surface area contributed by atoms with Gasteiger partial charge in [-0.05, 0) is 74.0 Å². The van der Waals surface area contributed by atoms with E-state index in [1.165, 1.54) is 5.69 Å². The van der Waals surface area contributed by atoms with Crippen LogP contribution in [0.2, 0.25) is 0 Å². The third-order valence-electron chi connectivity index (χ3n) is 7.36. The highest BCUT2D eigenvalue weighted by molar-refractivity contribution is 5.57. The lowest BCUT2D eigenvalue weighted by atomic mass is 10.1. The molecule has 1 fully saturated rings. The van der Waals surface area contributed by atoms with E-state index in [-0.39, 0.29) is 5.56 Å². The number of hydrogen-bond donors (Lipinski definition) is 1. The van der Waals surface area contributed by atoms with Crippen molar-refractivity contribution >= 4 is 17.5 Å². The molecule has 8 heteroatoms. The van der Waals surface area contributed by atoms with Crippen LogP contribution in [-0.2, 0) is 6.54 Å². The Morgan fingerprint density at radius 1 is 0.872 bits per heavy atom. The van der Waals surface area contributed by atoms with Gasteiger partial charge in [-0.15, -0.1) is 0 Å². The monoisotopic (exact) mass is 519 g/mol. The van der Waals surface area contributed by atoms with E-state index in [1.807, 2.05) is 47.3 Å². The van der Waals surface area contributed by atoms with E-state index in [0.717, 1.165) is 67.0 Å². The first-order valence-corrected chi connectivity index (χ1v) is 13.5. The van der Waals surface area contributed by atoms with Crippen LogP contribution in [0.1, 0.15) is 18.4 Å². The Hall–Kier alpha value is -4.43. The number of aromatic nitrogens is 3. The van der Waals surface area contributed by atoms with E-state index in [1.54, 1.807) is 16.8 Å². The largest absolute Gasteiger partial charge is 0.369 e. The minimum Gasteiger partial charge on any atom is -0.369 e. The molecule has 39 heavy (non-hydrogen) atoms. The molecular weight excluding hydrogens is 486 g/mol. The second-order valence-electron chi connectivity index (χ2n) is 10.1. The van der Waals surface area contributed by atoms with Crippen LogP contribution < -0.4 is 26.5 Å². The van der Waals surface area contributed by atoms with E-state index < -0.39 is 0 Å². The molecule has 0 unspecified atom stereocenters. The minimum absolute atomic E-state index is 0.0855. The maximum atomic E-state index is 13.2. The van der Waals surface area contributed by atoms with Crippen molar-refractivity contribution in [3.63, 3.8) is 0 Å². The Morgan fingerprint density at radius 2 is 1.67 bits per heavy atom. The van der Waals surface area contributed by atoms with E-state index in [4.69, 9.17) is 4.99 Å². The molecule has 2 aliphatic rings. The van der Waals surface area contributed by atoms with Crippen LogP contribution in [-0.4, -0.2) is 52.5 Å². The molecule has 0 bridgehead atoms. The van der Waals surface area contributed by atoms with Gasteiger partial charge in [0.05, 0.1) is 12.2 Å². The first kappa shape index (κ1) is 24.9. The van der Waals surface area contributed by atoms with Gasteiger partial charge in [-0.25, -0.2) is 9.67 Å². The fraction of sp³-hybridized carbons (Fsp3) is 0.258. The molecule has 0 radical (unpaired) electrons. The molecule has 0 saturated carbocycles. The molecule has 1 N–H and O–H groups in total. The standard InChI is InChI=1S/C31H33N7O/c1-35-19-21-36(22-20-35)27-14-12-26(13-15-27)33-29-10-5-3-7-24-11-16-30(39)37(31(24)34-29)23-25-8-2-4-9-28(25)38-18-6-17-32-38/h2,4,6-18,33H,3,5,19-23H2,1H3. The molecule has 0 aliphatic carbocycles. The third-order valence-corrected chi connectivity index (χ3v) is 7.36. The zero-order chi connectivity index (χ0) is 26.6. The summed E-state index contributed by atoms with van der Waals surface area (Å²) in [5.41, 5.74) is 4.72. The van der Waals surface area contributed by atoms with Crippen molar-refractivity contribution in [1.82, 2.24) is 19.2 Å². The summed E-state index contributed by atoms with van der Waals surface area (Å²) in [6.07, 6.45) is 9.67. The van der Waals surface area contributed by atoms with Crippen LogP contribution in [0.4, 0.5) is 11.4 Å². The highest BCUT2D eigenvalue weighted by atomic mass is 16.1. The summed E-state index contributed by atoms with van der Waals surface area (Å²) in [5.74, 6) is 0.747. The maximum Gasteiger partial charge on any atom is 0.252 e. The Kier molecular flexibility index (Phi) is 7.10. The Labute approximate surface area is 227 Å². The van der Waals surface area contributed by atoms with Gasteiger partial charge in [0.2, 0.25) is 0 Å². The number of nitrogens with zero attached hydrogens (tertiary/aromatic N) is 6. The number of pyridine rings is 1. The van der Waals surface area contributed by atoms with Gasteiger partial charge in [-0.2, -0.15) is 5.10 Å². The average Bonchev–Trinajstić information content (AvgIpc) is 3.48. The quantitative estimate of drug-likeness (QED) is 0.424. The lowest BCUT2D eigenvalue weighted by Crippen LogP contribution is -2.44. The number of rotatable bonds is 6. The zero-order valence-electron chi connectivity index (χ0n) is 22.2. The highest BCUT2D eigenvalue weighted by Crippen LogP contribution is 2.21. The van der Waals surface area contributed by atoms with Gasteiger partial charge < -0.3 is 15.1 Å². The maximum absolute atomic E-state index is 13.2. The van der Waals surface area contributed by atoms with Crippen LogP contribution in [0.25, 0.3) is 11.8 Å². The fourth-order valence-corrected chi connectivity index (χ4v) is 5.14. The molecule has 6 rings (SSSR count). The predicted molar refractivity (Wildman–Crippen MR) is 156 cm³/mol. The first-order valence-electron chi connectivity index (χ1n) is 13.5. The average molecular weight is 520 g/mol. The SMILES string of the molecule is CN1CCN(c2ccc(NC3=CCCC=c4ccc(=O)n(Cc5ccccc5-n5cccn5)c4=N3)cc2)CC1. The van der Waals surface area contributed by atoms with Gasteiger partial charge in [0.1, 0.15) is 11.3 Å². The Bertz CT molecular complexity index is 1640. The van der Waals surface area contributed by atoms with Crippen LogP contribution in [0, 0.1) is 0 Å². The van der Waals surface area contributed by atoms with Crippen molar-refractivity contribution in [3.05, 3.63) is 118 Å². The number of para-hydroxylation sites is 1. The molecule has 0 amide bonds. The van der Waals surface area contributed by atoms with E-state index in [9.17, 15) is 4.79 Å². The van der Waals surface area contributed by atoms with Gasteiger partial charge >= 0.3 is 0 Å². The summed E-state index contributed by atoms with van der Waals surface area (Å²) in [5, 5.41) is 8.86. The first-order chi connectivity index (χ1) is 19.1. The summed E-state index contributed by atoms with van der Waals surface area (Å²) in [7, 11) is 2.17. The van der Waals surface area contributed by atoms with Gasteiger partial charge in [-0.3, -0.25) is 9.36 Å². The Morgan fingerprint density at radius 3 is 2.46 bits per heavy atom. The van der Waals surface area contributed by atoms with Gasteiger partial charge in [0.25, 0.3) is 5.56 Å². The van der Waals surface area contributed by atoms with Crippen LogP contribution in [0.3, 0.4) is 0 Å². The number of benzene rings is 2. The molecule has 1 saturated heterocycles. The van der Waals surface area contributed by atoms with E-state index in [2.05, 4.69) is 63.7 Å². The lowest BCUT2D eigenvalue weighted by molar-refractivity contribution is 0.313. The summed E-state index contributed by atoms with van der Waals surface area (Å²) in [6.45, 7) is 4.63. The predicted octanol–water partition coefficient (Wildman–Crippen LogP) is 2.98. The molecular formula is C31H33N7O. The zero-order valence-corrected chi connectivity index (χ0v) is 22.2. The third kappa shape index (κ3) is 5.56. The molecule has 4 aromatic rings. The number of anilines is 2. The second-order valence-corrected chi connectivity index (χ2v) is 10.1. The molecule has 4 heterocycles. The van der Waals surface area contributed by atoms with Crippen molar-refractivity contribution in [1.29, 1.82) is 0 Å².